The fourth-order valence-electron chi connectivity index (χ4n) is 2.24. The van der Waals surface area contributed by atoms with Crippen molar-refractivity contribution in [2.45, 2.75) is 13.0 Å². The summed E-state index contributed by atoms with van der Waals surface area (Å²) >= 11 is 6.11. The quantitative estimate of drug-likeness (QED) is 0.460. The molecule has 27 heavy (non-hydrogen) atoms. The lowest BCUT2D eigenvalue weighted by atomic mass is 10.2. The van der Waals surface area contributed by atoms with Crippen LogP contribution >= 0.6 is 11.6 Å². The van der Waals surface area contributed by atoms with Crippen LogP contribution in [-0.4, -0.2) is 29.9 Å². The molecule has 0 saturated heterocycles. The maximum absolute atomic E-state index is 12.1. The summed E-state index contributed by atoms with van der Waals surface area (Å²) in [7, 11) is 0. The highest BCUT2D eigenvalue weighted by molar-refractivity contribution is 6.33. The zero-order valence-corrected chi connectivity index (χ0v) is 14.8. The summed E-state index contributed by atoms with van der Waals surface area (Å²) in [4.78, 5) is 22.5. The molecule has 0 saturated carbocycles. The van der Waals surface area contributed by atoms with Crippen molar-refractivity contribution >= 4 is 29.4 Å². The van der Waals surface area contributed by atoms with E-state index in [-0.39, 0.29) is 18.2 Å². The van der Waals surface area contributed by atoms with Gasteiger partial charge in [-0.1, -0.05) is 23.7 Å². The van der Waals surface area contributed by atoms with Crippen LogP contribution in [0.1, 0.15) is 12.5 Å². The van der Waals surface area contributed by atoms with Crippen LogP contribution in [0.15, 0.2) is 41.5 Å². The van der Waals surface area contributed by atoms with Gasteiger partial charge in [0, 0.05) is 17.7 Å². The van der Waals surface area contributed by atoms with Crippen molar-refractivity contribution in [1.29, 1.82) is 0 Å². The second-order valence-electron chi connectivity index (χ2n) is 5.45. The van der Waals surface area contributed by atoms with Crippen molar-refractivity contribution in [2.24, 2.45) is 5.10 Å². The van der Waals surface area contributed by atoms with E-state index in [0.29, 0.717) is 22.1 Å². The number of rotatable bonds is 6. The number of nitrogens with zero attached hydrogens (tertiary/aromatic N) is 2. The van der Waals surface area contributed by atoms with Crippen molar-refractivity contribution < 1.29 is 23.9 Å². The minimum atomic E-state index is -1.00. The van der Waals surface area contributed by atoms with Gasteiger partial charge in [0.15, 0.2) is 23.4 Å². The van der Waals surface area contributed by atoms with Gasteiger partial charge in [-0.3, -0.25) is 14.9 Å². The molecular weight excluding hydrogens is 378 g/mol. The Balaban J connectivity index is 1.62. The molecule has 10 heteroatoms. The van der Waals surface area contributed by atoms with Gasteiger partial charge in [0.05, 0.1) is 16.2 Å². The summed E-state index contributed by atoms with van der Waals surface area (Å²) in [5.74, 6) is 0.474. The van der Waals surface area contributed by atoms with Gasteiger partial charge in [-0.15, -0.1) is 0 Å². The molecule has 1 N–H and O–H groups in total. The first-order chi connectivity index (χ1) is 13.0. The van der Waals surface area contributed by atoms with Crippen LogP contribution in [0.3, 0.4) is 0 Å². The summed E-state index contributed by atoms with van der Waals surface area (Å²) in [6.07, 6.45) is 0.343. The van der Waals surface area contributed by atoms with E-state index < -0.39 is 16.9 Å². The minimum absolute atomic E-state index is 0.00653. The maximum atomic E-state index is 12.1. The molecule has 0 fully saturated rings. The molecule has 0 unspecified atom stereocenters. The monoisotopic (exact) mass is 391 g/mol. The number of hydrazone groups is 1. The number of nitrogens with one attached hydrogen (secondary N) is 1. The first-order valence-electron chi connectivity index (χ1n) is 7.78. The Labute approximate surface area is 158 Å². The number of amides is 1. The average molecular weight is 392 g/mol. The predicted molar refractivity (Wildman–Crippen MR) is 96.5 cm³/mol. The first-order valence-corrected chi connectivity index (χ1v) is 8.15. The molecule has 1 aliphatic heterocycles. The SMILES string of the molecule is C[C@H](Oc1ccccc1[N+](=O)[O-])C(=O)NN=Cc1cc2c(cc1Cl)OCO2. The average Bonchev–Trinajstić information content (AvgIpc) is 3.09. The smallest absolute Gasteiger partial charge is 0.310 e. The van der Waals surface area contributed by atoms with Crippen LogP contribution in [0.4, 0.5) is 5.69 Å². The Hall–Kier alpha value is -3.33. The van der Waals surface area contributed by atoms with Gasteiger partial charge in [0.25, 0.3) is 5.91 Å². The van der Waals surface area contributed by atoms with Crippen molar-refractivity contribution in [1.82, 2.24) is 5.43 Å². The molecule has 2 aromatic rings. The number of halogens is 1. The van der Waals surface area contributed by atoms with Crippen LogP contribution in [0, 0.1) is 10.1 Å². The highest BCUT2D eigenvalue weighted by Gasteiger charge is 2.20. The molecule has 0 bridgehead atoms. The molecule has 1 amide bonds. The lowest BCUT2D eigenvalue weighted by Crippen LogP contribution is -2.33. The van der Waals surface area contributed by atoms with E-state index in [2.05, 4.69) is 10.5 Å². The third kappa shape index (κ3) is 4.26. The number of nitro groups is 1. The van der Waals surface area contributed by atoms with E-state index in [4.69, 9.17) is 25.8 Å². The predicted octanol–water partition coefficient (Wildman–Crippen LogP) is 2.89. The fourth-order valence-corrected chi connectivity index (χ4v) is 2.44. The molecule has 3 rings (SSSR count). The van der Waals surface area contributed by atoms with Crippen molar-refractivity contribution in [3.05, 3.63) is 57.1 Å². The minimum Gasteiger partial charge on any atom is -0.474 e. The number of fused-ring (bicyclic) bond motifs is 1. The van der Waals surface area contributed by atoms with E-state index in [9.17, 15) is 14.9 Å². The molecular formula is C17H14ClN3O6. The number of ether oxygens (including phenoxy) is 3. The zero-order chi connectivity index (χ0) is 19.4. The number of nitro benzene ring substituents is 1. The van der Waals surface area contributed by atoms with Crippen molar-refractivity contribution in [2.75, 3.05) is 6.79 Å². The standard InChI is InChI=1S/C17H14ClN3O6/c1-10(27-14-5-3-2-4-13(14)21(23)24)17(22)20-19-8-11-6-15-16(7-12(11)18)26-9-25-15/h2-8,10H,9H2,1H3,(H,20,22)/t10-/m0/s1. The summed E-state index contributed by atoms with van der Waals surface area (Å²) in [6, 6.07) is 9.01. The number of hydrogen-bond acceptors (Lipinski definition) is 7. The Morgan fingerprint density at radius 1 is 1.37 bits per heavy atom. The number of benzene rings is 2. The van der Waals surface area contributed by atoms with E-state index in [1.165, 1.54) is 31.3 Å². The largest absolute Gasteiger partial charge is 0.474 e. The Kier molecular flexibility index (Phi) is 5.41. The van der Waals surface area contributed by atoms with Crippen LogP contribution < -0.4 is 19.6 Å². The van der Waals surface area contributed by atoms with Gasteiger partial charge in [-0.05, 0) is 19.1 Å². The van der Waals surface area contributed by atoms with Gasteiger partial charge in [-0.2, -0.15) is 5.10 Å². The lowest BCUT2D eigenvalue weighted by molar-refractivity contribution is -0.386. The highest BCUT2D eigenvalue weighted by Crippen LogP contribution is 2.36. The van der Waals surface area contributed by atoms with Gasteiger partial charge in [0.1, 0.15) is 0 Å². The van der Waals surface area contributed by atoms with E-state index in [0.717, 1.165) is 0 Å². The molecule has 0 spiro atoms. The third-order valence-electron chi connectivity index (χ3n) is 3.61. The van der Waals surface area contributed by atoms with E-state index in [1.54, 1.807) is 18.2 Å². The normalized spacial score (nSPS) is 13.4. The molecule has 9 nitrogen and oxygen atoms in total. The number of carbonyl (C=O) groups is 1. The molecule has 1 atom stereocenters. The fraction of sp³-hybridized carbons (Fsp3) is 0.176. The van der Waals surface area contributed by atoms with E-state index in [1.807, 2.05) is 0 Å². The summed E-state index contributed by atoms with van der Waals surface area (Å²) in [6.45, 7) is 1.57. The third-order valence-corrected chi connectivity index (χ3v) is 3.93. The van der Waals surface area contributed by atoms with Crippen LogP contribution in [0.25, 0.3) is 0 Å². The topological polar surface area (TPSA) is 112 Å². The molecule has 1 heterocycles. The van der Waals surface area contributed by atoms with E-state index >= 15 is 0 Å². The van der Waals surface area contributed by atoms with Gasteiger partial charge in [0.2, 0.25) is 6.79 Å². The number of hydrogen-bond donors (Lipinski definition) is 1. The zero-order valence-electron chi connectivity index (χ0n) is 14.0. The molecule has 0 radical (unpaired) electrons. The Bertz CT molecular complexity index is 918. The van der Waals surface area contributed by atoms with Gasteiger partial charge in [-0.25, -0.2) is 5.43 Å². The van der Waals surface area contributed by atoms with Crippen LogP contribution in [-0.2, 0) is 4.79 Å². The van der Waals surface area contributed by atoms with Crippen LogP contribution in [0.5, 0.6) is 17.2 Å². The molecule has 0 aromatic heterocycles. The van der Waals surface area contributed by atoms with Crippen molar-refractivity contribution in [3.8, 4) is 17.2 Å². The van der Waals surface area contributed by atoms with Gasteiger partial charge < -0.3 is 14.2 Å². The summed E-state index contributed by atoms with van der Waals surface area (Å²) in [5.41, 5.74) is 2.59. The second kappa shape index (κ2) is 7.92. The summed E-state index contributed by atoms with van der Waals surface area (Å²) < 4.78 is 15.8. The number of carbonyl (C=O) groups excluding carboxylic acids is 1. The van der Waals surface area contributed by atoms with Crippen LogP contribution in [0.2, 0.25) is 5.02 Å². The highest BCUT2D eigenvalue weighted by atomic mass is 35.5. The first kappa shape index (κ1) is 18.5. The molecule has 1 aliphatic rings. The Morgan fingerprint density at radius 2 is 2.07 bits per heavy atom. The Morgan fingerprint density at radius 3 is 2.81 bits per heavy atom. The molecule has 0 aliphatic carbocycles. The maximum Gasteiger partial charge on any atom is 0.310 e. The lowest BCUT2D eigenvalue weighted by Gasteiger charge is -2.12. The second-order valence-corrected chi connectivity index (χ2v) is 5.85. The van der Waals surface area contributed by atoms with Crippen molar-refractivity contribution in [3.63, 3.8) is 0 Å². The van der Waals surface area contributed by atoms with Gasteiger partial charge >= 0.3 is 5.69 Å². The molecule has 2 aromatic carbocycles. The summed E-state index contributed by atoms with van der Waals surface area (Å²) in [5, 5.41) is 15.2. The molecule has 140 valence electrons. The number of para-hydroxylation sites is 2.